The molecule has 3 rings (SSSR count). The molecular weight excluding hydrogens is 186 g/mol. The van der Waals surface area contributed by atoms with Gasteiger partial charge in [0.25, 0.3) is 0 Å². The number of fused-ring (bicyclic) bond motifs is 1. The van der Waals surface area contributed by atoms with E-state index in [2.05, 4.69) is 33.7 Å². The number of rotatable bonds is 1. The fourth-order valence-corrected chi connectivity index (χ4v) is 2.49. The molecular formula is C12H17N3. The summed E-state index contributed by atoms with van der Waals surface area (Å²) < 4.78 is 0. The van der Waals surface area contributed by atoms with Crippen LogP contribution in [0.1, 0.15) is 5.56 Å². The SMILES string of the molecule is c1cc2c(c(N3CCNCC3)c1)NCC2. The second-order valence-corrected chi connectivity index (χ2v) is 4.23. The molecule has 0 aromatic heterocycles. The zero-order valence-corrected chi connectivity index (χ0v) is 8.92. The van der Waals surface area contributed by atoms with Gasteiger partial charge in [-0.25, -0.2) is 0 Å². The van der Waals surface area contributed by atoms with E-state index in [1.165, 1.54) is 23.4 Å². The standard InChI is InChI=1S/C12H17N3/c1-2-10-4-5-14-12(10)11(3-1)15-8-6-13-7-9-15/h1-3,13-14H,4-9H2. The molecule has 0 saturated carbocycles. The van der Waals surface area contributed by atoms with Crippen LogP contribution in [0.25, 0.3) is 0 Å². The predicted molar refractivity (Wildman–Crippen MR) is 63.7 cm³/mol. The number of para-hydroxylation sites is 1. The van der Waals surface area contributed by atoms with Crippen LogP contribution in [-0.2, 0) is 6.42 Å². The molecule has 0 bridgehead atoms. The smallest absolute Gasteiger partial charge is 0.0611 e. The van der Waals surface area contributed by atoms with E-state index in [1.54, 1.807) is 0 Å². The zero-order valence-electron chi connectivity index (χ0n) is 8.92. The van der Waals surface area contributed by atoms with Gasteiger partial charge in [-0.3, -0.25) is 0 Å². The Kier molecular flexibility index (Phi) is 2.25. The first-order valence-electron chi connectivity index (χ1n) is 5.76. The minimum absolute atomic E-state index is 1.10. The summed E-state index contributed by atoms with van der Waals surface area (Å²) in [5.41, 5.74) is 4.25. The highest BCUT2D eigenvalue weighted by atomic mass is 15.2. The third-order valence-corrected chi connectivity index (χ3v) is 3.28. The highest BCUT2D eigenvalue weighted by Crippen LogP contribution is 2.33. The fraction of sp³-hybridized carbons (Fsp3) is 0.500. The van der Waals surface area contributed by atoms with E-state index in [9.17, 15) is 0 Å². The Morgan fingerprint density at radius 3 is 2.80 bits per heavy atom. The number of piperazine rings is 1. The van der Waals surface area contributed by atoms with Crippen molar-refractivity contribution in [1.82, 2.24) is 5.32 Å². The van der Waals surface area contributed by atoms with Crippen molar-refractivity contribution in [2.45, 2.75) is 6.42 Å². The van der Waals surface area contributed by atoms with E-state index < -0.39 is 0 Å². The van der Waals surface area contributed by atoms with Gasteiger partial charge >= 0.3 is 0 Å². The number of anilines is 2. The molecule has 1 aromatic carbocycles. The molecule has 1 fully saturated rings. The molecule has 2 aliphatic rings. The molecule has 0 atom stereocenters. The van der Waals surface area contributed by atoms with Gasteiger partial charge in [-0.2, -0.15) is 0 Å². The first-order chi connectivity index (χ1) is 7.45. The van der Waals surface area contributed by atoms with Crippen molar-refractivity contribution in [2.24, 2.45) is 0 Å². The Hall–Kier alpha value is -1.22. The van der Waals surface area contributed by atoms with Crippen LogP contribution >= 0.6 is 0 Å². The molecule has 3 heteroatoms. The summed E-state index contributed by atoms with van der Waals surface area (Å²) in [6.45, 7) is 5.54. The summed E-state index contributed by atoms with van der Waals surface area (Å²) in [7, 11) is 0. The molecule has 0 spiro atoms. The zero-order chi connectivity index (χ0) is 10.1. The van der Waals surface area contributed by atoms with Gasteiger partial charge in [0, 0.05) is 32.7 Å². The van der Waals surface area contributed by atoms with Crippen molar-refractivity contribution in [3.8, 4) is 0 Å². The lowest BCUT2D eigenvalue weighted by atomic mass is 10.1. The van der Waals surface area contributed by atoms with Gasteiger partial charge in [0.2, 0.25) is 0 Å². The minimum Gasteiger partial charge on any atom is -0.383 e. The van der Waals surface area contributed by atoms with E-state index in [1.807, 2.05) is 0 Å². The maximum absolute atomic E-state index is 3.50. The molecule has 2 heterocycles. The predicted octanol–water partition coefficient (Wildman–Crippen LogP) is 1.06. The second kappa shape index (κ2) is 3.74. The van der Waals surface area contributed by atoms with Crippen molar-refractivity contribution in [1.29, 1.82) is 0 Å². The van der Waals surface area contributed by atoms with Crippen LogP contribution in [0.4, 0.5) is 11.4 Å². The summed E-state index contributed by atoms with van der Waals surface area (Å²) in [4.78, 5) is 2.48. The van der Waals surface area contributed by atoms with E-state index in [-0.39, 0.29) is 0 Å². The summed E-state index contributed by atoms with van der Waals surface area (Å²) in [6, 6.07) is 6.66. The van der Waals surface area contributed by atoms with E-state index >= 15 is 0 Å². The molecule has 0 amide bonds. The largest absolute Gasteiger partial charge is 0.383 e. The Morgan fingerprint density at radius 1 is 1.07 bits per heavy atom. The normalized spacial score (nSPS) is 19.9. The lowest BCUT2D eigenvalue weighted by Gasteiger charge is -2.31. The number of nitrogens with one attached hydrogen (secondary N) is 2. The van der Waals surface area contributed by atoms with Crippen molar-refractivity contribution >= 4 is 11.4 Å². The van der Waals surface area contributed by atoms with E-state index in [4.69, 9.17) is 0 Å². The molecule has 2 N–H and O–H groups in total. The van der Waals surface area contributed by atoms with E-state index in [0.717, 1.165) is 32.7 Å². The van der Waals surface area contributed by atoms with Crippen molar-refractivity contribution in [3.05, 3.63) is 23.8 Å². The number of hydrogen-bond donors (Lipinski definition) is 2. The van der Waals surface area contributed by atoms with E-state index in [0.29, 0.717) is 0 Å². The third-order valence-electron chi connectivity index (χ3n) is 3.28. The Balaban J connectivity index is 1.93. The quantitative estimate of drug-likeness (QED) is 0.715. The lowest BCUT2D eigenvalue weighted by Crippen LogP contribution is -2.43. The van der Waals surface area contributed by atoms with Gasteiger partial charge in [0.1, 0.15) is 0 Å². The van der Waals surface area contributed by atoms with Crippen LogP contribution in [0.2, 0.25) is 0 Å². The van der Waals surface area contributed by atoms with Crippen LogP contribution < -0.4 is 15.5 Å². The van der Waals surface area contributed by atoms with Gasteiger partial charge in [-0.15, -0.1) is 0 Å². The summed E-state index contributed by atoms with van der Waals surface area (Å²) in [5, 5.41) is 6.89. The average molecular weight is 203 g/mol. The maximum atomic E-state index is 3.50. The molecule has 15 heavy (non-hydrogen) atoms. The van der Waals surface area contributed by atoms with Gasteiger partial charge in [-0.05, 0) is 18.1 Å². The van der Waals surface area contributed by atoms with Crippen molar-refractivity contribution in [2.75, 3.05) is 42.9 Å². The molecule has 80 valence electrons. The Labute approximate surface area is 90.5 Å². The molecule has 2 aliphatic heterocycles. The van der Waals surface area contributed by atoms with Crippen LogP contribution in [0.5, 0.6) is 0 Å². The molecule has 1 saturated heterocycles. The van der Waals surface area contributed by atoms with Crippen LogP contribution in [0.3, 0.4) is 0 Å². The van der Waals surface area contributed by atoms with Crippen molar-refractivity contribution in [3.63, 3.8) is 0 Å². The molecule has 0 aliphatic carbocycles. The fourth-order valence-electron chi connectivity index (χ4n) is 2.49. The molecule has 1 aromatic rings. The first-order valence-corrected chi connectivity index (χ1v) is 5.76. The minimum atomic E-state index is 1.10. The molecule has 3 nitrogen and oxygen atoms in total. The van der Waals surface area contributed by atoms with Gasteiger partial charge in [-0.1, -0.05) is 12.1 Å². The van der Waals surface area contributed by atoms with Gasteiger partial charge in [0.05, 0.1) is 11.4 Å². The second-order valence-electron chi connectivity index (χ2n) is 4.23. The van der Waals surface area contributed by atoms with Crippen LogP contribution in [-0.4, -0.2) is 32.7 Å². The van der Waals surface area contributed by atoms with Crippen LogP contribution in [0, 0.1) is 0 Å². The highest BCUT2D eigenvalue weighted by molar-refractivity contribution is 5.75. The third kappa shape index (κ3) is 1.57. The van der Waals surface area contributed by atoms with Gasteiger partial charge < -0.3 is 15.5 Å². The maximum Gasteiger partial charge on any atom is 0.0611 e. The topological polar surface area (TPSA) is 27.3 Å². The number of hydrogen-bond acceptors (Lipinski definition) is 3. The Morgan fingerprint density at radius 2 is 1.93 bits per heavy atom. The van der Waals surface area contributed by atoms with Crippen LogP contribution in [0.15, 0.2) is 18.2 Å². The van der Waals surface area contributed by atoms with Crippen molar-refractivity contribution < 1.29 is 0 Å². The highest BCUT2D eigenvalue weighted by Gasteiger charge is 2.18. The Bertz CT molecular complexity index is 356. The summed E-state index contributed by atoms with van der Waals surface area (Å²) >= 11 is 0. The monoisotopic (exact) mass is 203 g/mol. The average Bonchev–Trinajstić information content (AvgIpc) is 2.78. The summed E-state index contributed by atoms with van der Waals surface area (Å²) in [5.74, 6) is 0. The molecule has 0 unspecified atom stereocenters. The first kappa shape index (κ1) is 9.04. The lowest BCUT2D eigenvalue weighted by molar-refractivity contribution is 0.589. The molecule has 0 radical (unpaired) electrons. The summed E-state index contributed by atoms with van der Waals surface area (Å²) in [6.07, 6.45) is 1.18. The number of nitrogens with zero attached hydrogens (tertiary/aromatic N) is 1. The number of benzene rings is 1. The van der Waals surface area contributed by atoms with Gasteiger partial charge in [0.15, 0.2) is 0 Å².